The molecule has 46 heavy (non-hydrogen) atoms. The molecule has 8 rings (SSSR count). The van der Waals surface area contributed by atoms with Crippen LogP contribution >= 0.6 is 0 Å². The van der Waals surface area contributed by atoms with E-state index in [9.17, 15) is 19.8 Å². The number of carbonyl (C=O) groups is 2. The van der Waals surface area contributed by atoms with Gasteiger partial charge in [0.1, 0.15) is 11.5 Å². The van der Waals surface area contributed by atoms with Gasteiger partial charge in [0.15, 0.2) is 11.6 Å². The first kappa shape index (κ1) is 29.0. The van der Waals surface area contributed by atoms with Crippen molar-refractivity contribution in [2.24, 2.45) is 0 Å². The summed E-state index contributed by atoms with van der Waals surface area (Å²) < 4.78 is 0. The predicted octanol–water partition coefficient (Wildman–Crippen LogP) is 8.46. The lowest BCUT2D eigenvalue weighted by Crippen LogP contribution is -2.36. The Morgan fingerprint density at radius 1 is 0.478 bits per heavy atom. The minimum atomic E-state index is -0.525. The van der Waals surface area contributed by atoms with Gasteiger partial charge in [-0.25, -0.2) is 0 Å². The molecule has 6 aromatic carbocycles. The molecule has 0 saturated carbocycles. The van der Waals surface area contributed by atoms with Crippen LogP contribution in [-0.4, -0.2) is 21.8 Å². The molecule has 0 spiro atoms. The number of aryl methyl sites for hydroxylation is 2. The fraction of sp³-hybridized carbons (Fsp3) is 0.0952. The minimum Gasteiger partial charge on any atom is -0.508 e. The molecule has 2 aliphatic carbocycles. The Morgan fingerprint density at radius 2 is 0.826 bits per heavy atom. The zero-order valence-electron chi connectivity index (χ0n) is 25.6. The van der Waals surface area contributed by atoms with E-state index in [1.807, 2.05) is 26.0 Å². The molecular weight excluding hydrogens is 568 g/mol. The summed E-state index contributed by atoms with van der Waals surface area (Å²) in [6.45, 7) is 3.88. The zero-order chi connectivity index (χ0) is 32.0. The molecule has 6 aromatic rings. The first-order valence-electron chi connectivity index (χ1n) is 15.3. The van der Waals surface area contributed by atoms with Gasteiger partial charge in [-0.2, -0.15) is 0 Å². The fourth-order valence-corrected chi connectivity index (χ4v) is 7.05. The van der Waals surface area contributed by atoms with Crippen molar-refractivity contribution in [1.82, 2.24) is 0 Å². The Labute approximate surface area is 268 Å². The topological polar surface area (TPSA) is 74.6 Å². The molecule has 0 saturated heterocycles. The summed E-state index contributed by atoms with van der Waals surface area (Å²) in [5, 5.41) is 20.5. The molecule has 0 atom stereocenters. The second kappa shape index (κ2) is 11.3. The van der Waals surface area contributed by atoms with E-state index in [0.717, 1.165) is 28.7 Å². The maximum absolute atomic E-state index is 12.1. The number of phenolic OH excluding ortho intramolecular Hbond substituents is 2. The highest BCUT2D eigenvalue weighted by molar-refractivity contribution is 6.28. The van der Waals surface area contributed by atoms with Crippen LogP contribution in [-0.2, 0) is 11.8 Å². The van der Waals surface area contributed by atoms with Crippen molar-refractivity contribution in [3.8, 4) is 11.5 Å². The SMILES string of the molecule is Cc1cc(C2(c3ccc(O)c(C)c3)c3ccccc3Cc3ccccc32)ccc1O.O=C1c2ccccc2C(=O)c2ccccc21. The lowest BCUT2D eigenvalue weighted by atomic mass is 9.59. The van der Waals surface area contributed by atoms with Crippen molar-refractivity contribution >= 4 is 11.6 Å². The summed E-state index contributed by atoms with van der Waals surface area (Å²) in [6.07, 6.45) is 0.891. The Morgan fingerprint density at radius 3 is 1.20 bits per heavy atom. The highest BCUT2D eigenvalue weighted by Gasteiger charge is 2.44. The normalized spacial score (nSPS) is 13.8. The van der Waals surface area contributed by atoms with Crippen LogP contribution < -0.4 is 0 Å². The van der Waals surface area contributed by atoms with Gasteiger partial charge in [-0.05, 0) is 76.9 Å². The van der Waals surface area contributed by atoms with Gasteiger partial charge in [-0.15, -0.1) is 0 Å². The Bertz CT molecular complexity index is 1970. The third-order valence-electron chi connectivity index (χ3n) is 9.32. The Balaban J connectivity index is 0.000000177. The third kappa shape index (κ3) is 4.53. The van der Waals surface area contributed by atoms with Crippen LogP contribution in [0.1, 0.15) is 76.4 Å². The van der Waals surface area contributed by atoms with Gasteiger partial charge in [0.25, 0.3) is 0 Å². The number of phenols is 2. The van der Waals surface area contributed by atoms with E-state index in [-0.39, 0.29) is 11.6 Å². The molecule has 224 valence electrons. The number of fused-ring (bicyclic) bond motifs is 4. The molecule has 4 nitrogen and oxygen atoms in total. The molecule has 0 fully saturated rings. The number of hydrogen-bond acceptors (Lipinski definition) is 4. The van der Waals surface area contributed by atoms with Crippen LogP contribution in [0.25, 0.3) is 0 Å². The minimum absolute atomic E-state index is 0.0641. The second-order valence-corrected chi connectivity index (χ2v) is 12.0. The van der Waals surface area contributed by atoms with Gasteiger partial charge in [0.2, 0.25) is 0 Å². The number of hydrogen-bond donors (Lipinski definition) is 2. The van der Waals surface area contributed by atoms with E-state index in [2.05, 4.69) is 60.7 Å². The van der Waals surface area contributed by atoms with Crippen molar-refractivity contribution < 1.29 is 19.8 Å². The molecule has 0 aromatic heterocycles. The Kier molecular flexibility index (Phi) is 7.13. The maximum Gasteiger partial charge on any atom is 0.194 e. The van der Waals surface area contributed by atoms with Crippen molar-refractivity contribution in [3.05, 3.63) is 200 Å². The van der Waals surface area contributed by atoms with Gasteiger partial charge in [-0.1, -0.05) is 121 Å². The monoisotopic (exact) mass is 600 g/mol. The largest absolute Gasteiger partial charge is 0.508 e. The summed E-state index contributed by atoms with van der Waals surface area (Å²) in [7, 11) is 0. The lowest BCUT2D eigenvalue weighted by molar-refractivity contribution is 0.0979. The van der Waals surface area contributed by atoms with Crippen LogP contribution in [0.5, 0.6) is 11.5 Å². The van der Waals surface area contributed by atoms with E-state index in [1.165, 1.54) is 22.3 Å². The standard InChI is InChI=1S/C28H24O2.C14H8O2/c1-18-15-22(11-13-26(18)29)28(23-12-14-27(30)19(2)16-23)24-9-5-3-7-20(24)17-21-8-4-6-10-25(21)28;15-13-9-5-1-2-6-10(9)14(16)12-8-4-3-7-11(12)13/h3-16,29-30H,17H2,1-2H3;1-8H. The van der Waals surface area contributed by atoms with Gasteiger partial charge < -0.3 is 10.2 Å². The van der Waals surface area contributed by atoms with Crippen LogP contribution in [0.2, 0.25) is 0 Å². The summed E-state index contributed by atoms with van der Waals surface area (Å²) in [5.74, 6) is 0.470. The summed E-state index contributed by atoms with van der Waals surface area (Å²) in [6, 6.07) is 43.0. The van der Waals surface area contributed by atoms with Crippen molar-refractivity contribution in [1.29, 1.82) is 0 Å². The van der Waals surface area contributed by atoms with E-state index in [4.69, 9.17) is 0 Å². The van der Waals surface area contributed by atoms with E-state index < -0.39 is 5.41 Å². The lowest BCUT2D eigenvalue weighted by Gasteiger charge is -2.42. The van der Waals surface area contributed by atoms with Crippen LogP contribution in [0.15, 0.2) is 133 Å². The smallest absolute Gasteiger partial charge is 0.194 e. The summed E-state index contributed by atoms with van der Waals surface area (Å²) in [5.41, 5.74) is 10.5. The maximum atomic E-state index is 12.1. The number of ketones is 2. The fourth-order valence-electron chi connectivity index (χ4n) is 7.05. The predicted molar refractivity (Wildman–Crippen MR) is 180 cm³/mol. The molecule has 0 radical (unpaired) electrons. The van der Waals surface area contributed by atoms with Crippen molar-refractivity contribution in [2.75, 3.05) is 0 Å². The van der Waals surface area contributed by atoms with Gasteiger partial charge in [0.05, 0.1) is 5.41 Å². The van der Waals surface area contributed by atoms with Gasteiger partial charge in [-0.3, -0.25) is 9.59 Å². The van der Waals surface area contributed by atoms with Crippen molar-refractivity contribution in [2.45, 2.75) is 25.7 Å². The van der Waals surface area contributed by atoms with Gasteiger partial charge >= 0.3 is 0 Å². The Hall–Kier alpha value is -5.74. The van der Waals surface area contributed by atoms with Gasteiger partial charge in [0, 0.05) is 22.3 Å². The first-order valence-corrected chi connectivity index (χ1v) is 15.3. The average Bonchev–Trinajstić information content (AvgIpc) is 3.09. The highest BCUT2D eigenvalue weighted by Crippen LogP contribution is 2.51. The zero-order valence-corrected chi connectivity index (χ0v) is 25.6. The molecule has 0 heterocycles. The highest BCUT2D eigenvalue weighted by atomic mass is 16.3. The van der Waals surface area contributed by atoms with Crippen LogP contribution in [0, 0.1) is 13.8 Å². The van der Waals surface area contributed by atoms with Crippen molar-refractivity contribution in [3.63, 3.8) is 0 Å². The van der Waals surface area contributed by atoms with Crippen LogP contribution in [0.3, 0.4) is 0 Å². The number of benzene rings is 6. The van der Waals surface area contributed by atoms with Crippen LogP contribution in [0.4, 0.5) is 0 Å². The first-order chi connectivity index (χ1) is 22.3. The molecule has 0 bridgehead atoms. The quantitative estimate of drug-likeness (QED) is 0.209. The molecular formula is C42H32O4. The third-order valence-corrected chi connectivity index (χ3v) is 9.32. The number of aromatic hydroxyl groups is 2. The number of rotatable bonds is 2. The molecule has 4 heteroatoms. The summed E-state index contributed by atoms with van der Waals surface area (Å²) >= 11 is 0. The number of carbonyl (C=O) groups excluding carboxylic acids is 2. The molecule has 0 aliphatic heterocycles. The average molecular weight is 601 g/mol. The summed E-state index contributed by atoms with van der Waals surface area (Å²) in [4.78, 5) is 24.2. The molecule has 0 unspecified atom stereocenters. The van der Waals surface area contributed by atoms with E-state index >= 15 is 0 Å². The molecule has 0 amide bonds. The van der Waals surface area contributed by atoms with E-state index in [1.54, 1.807) is 60.7 Å². The second-order valence-electron chi connectivity index (χ2n) is 12.0. The molecule has 2 aliphatic rings. The molecule has 2 N–H and O–H groups in total. The van der Waals surface area contributed by atoms with E-state index in [0.29, 0.717) is 33.8 Å².